The summed E-state index contributed by atoms with van der Waals surface area (Å²) in [6.45, 7) is 1.36. The normalized spacial score (nSPS) is 15.2. The lowest BCUT2D eigenvalue weighted by molar-refractivity contribution is 0.0991. The van der Waals surface area contributed by atoms with E-state index in [0.717, 1.165) is 18.4 Å². The molecule has 0 bridgehead atoms. The monoisotopic (exact) mass is 436 g/mol. The molecule has 6 nitrogen and oxygen atoms in total. The second-order valence-corrected chi connectivity index (χ2v) is 9.02. The third kappa shape index (κ3) is 5.99. The summed E-state index contributed by atoms with van der Waals surface area (Å²) in [6.07, 6.45) is 4.98. The molecule has 1 aliphatic rings. The molecule has 0 radical (unpaired) electrons. The molecule has 1 amide bonds. The van der Waals surface area contributed by atoms with Crippen LogP contribution in [0, 0.1) is 0 Å². The van der Waals surface area contributed by atoms with Gasteiger partial charge in [0.1, 0.15) is 11.5 Å². The highest BCUT2D eigenvalue weighted by molar-refractivity contribution is 7.84. The largest absolute Gasteiger partial charge is 0.456 e. The lowest BCUT2D eigenvalue weighted by Gasteiger charge is -2.21. The minimum Gasteiger partial charge on any atom is -0.456 e. The zero-order valence-electron chi connectivity index (χ0n) is 17.0. The minimum atomic E-state index is -0.945. The van der Waals surface area contributed by atoms with Crippen LogP contribution in [0.3, 0.4) is 0 Å². The first-order valence-corrected chi connectivity index (χ1v) is 11.6. The van der Waals surface area contributed by atoms with Crippen molar-refractivity contribution >= 4 is 22.4 Å². The molecular formula is C24H24N2O4S. The summed E-state index contributed by atoms with van der Waals surface area (Å²) in [5, 5.41) is 3.09. The predicted molar refractivity (Wildman–Crippen MR) is 121 cm³/mol. The number of benzene rings is 2. The SMILES string of the molecule is O=C(Nc1cccc(CS(=O)C2CCOCC2)c1)c1ccc(Oc2cccnc2)cc1. The predicted octanol–water partition coefficient (Wildman–Crippen LogP) is 4.55. The zero-order chi connectivity index (χ0) is 21.5. The Hall–Kier alpha value is -3.03. The second-order valence-electron chi connectivity index (χ2n) is 7.31. The van der Waals surface area contributed by atoms with Crippen LogP contribution < -0.4 is 10.1 Å². The molecule has 2 aromatic carbocycles. The van der Waals surface area contributed by atoms with Crippen molar-refractivity contribution in [1.82, 2.24) is 4.98 Å². The van der Waals surface area contributed by atoms with Crippen molar-refractivity contribution < 1.29 is 18.5 Å². The van der Waals surface area contributed by atoms with Gasteiger partial charge >= 0.3 is 0 Å². The number of ether oxygens (including phenoxy) is 2. The van der Waals surface area contributed by atoms with E-state index in [4.69, 9.17) is 9.47 Å². The molecule has 0 saturated carbocycles. The Bertz CT molecular complexity index is 1030. The number of anilines is 1. The molecule has 31 heavy (non-hydrogen) atoms. The number of amides is 1. The number of hydrogen-bond acceptors (Lipinski definition) is 5. The number of carbonyl (C=O) groups excluding carboxylic acids is 1. The van der Waals surface area contributed by atoms with E-state index in [9.17, 15) is 9.00 Å². The van der Waals surface area contributed by atoms with Gasteiger partial charge in [-0.25, -0.2) is 0 Å². The van der Waals surface area contributed by atoms with Gasteiger partial charge in [-0.3, -0.25) is 14.0 Å². The molecule has 1 atom stereocenters. The Morgan fingerprint density at radius 3 is 2.61 bits per heavy atom. The van der Waals surface area contributed by atoms with Crippen LogP contribution in [0.4, 0.5) is 5.69 Å². The molecule has 7 heteroatoms. The van der Waals surface area contributed by atoms with Crippen LogP contribution in [0.5, 0.6) is 11.5 Å². The summed E-state index contributed by atoms with van der Waals surface area (Å²) in [6, 6.07) is 18.1. The first-order valence-electron chi connectivity index (χ1n) is 10.2. The number of carbonyl (C=O) groups is 1. The molecular weight excluding hydrogens is 412 g/mol. The molecule has 1 unspecified atom stereocenters. The van der Waals surface area contributed by atoms with Crippen molar-refractivity contribution in [2.24, 2.45) is 0 Å². The first kappa shape index (κ1) is 21.2. The topological polar surface area (TPSA) is 77.5 Å². The summed E-state index contributed by atoms with van der Waals surface area (Å²) in [4.78, 5) is 16.6. The molecule has 1 fully saturated rings. The van der Waals surface area contributed by atoms with Crippen molar-refractivity contribution in [2.75, 3.05) is 18.5 Å². The molecule has 1 aromatic heterocycles. The molecule has 1 saturated heterocycles. The Morgan fingerprint density at radius 2 is 1.87 bits per heavy atom. The first-order chi connectivity index (χ1) is 15.2. The van der Waals surface area contributed by atoms with Gasteiger partial charge in [-0.1, -0.05) is 12.1 Å². The van der Waals surface area contributed by atoms with Gasteiger partial charge in [-0.15, -0.1) is 0 Å². The molecule has 0 spiro atoms. The van der Waals surface area contributed by atoms with Gasteiger partial charge < -0.3 is 14.8 Å². The summed E-state index contributed by atoms with van der Waals surface area (Å²) in [5.74, 6) is 1.53. The molecule has 1 N–H and O–H groups in total. The van der Waals surface area contributed by atoms with E-state index in [2.05, 4.69) is 10.3 Å². The van der Waals surface area contributed by atoms with Crippen molar-refractivity contribution in [1.29, 1.82) is 0 Å². The molecule has 160 valence electrons. The van der Waals surface area contributed by atoms with Gasteiger partial charge in [-0.2, -0.15) is 0 Å². The van der Waals surface area contributed by atoms with Crippen molar-refractivity contribution in [3.05, 3.63) is 84.2 Å². The van der Waals surface area contributed by atoms with Crippen LogP contribution >= 0.6 is 0 Å². The minimum absolute atomic E-state index is 0.180. The molecule has 4 rings (SSSR count). The smallest absolute Gasteiger partial charge is 0.255 e. The van der Waals surface area contributed by atoms with Crippen molar-refractivity contribution in [3.63, 3.8) is 0 Å². The van der Waals surface area contributed by atoms with E-state index in [1.807, 2.05) is 30.3 Å². The van der Waals surface area contributed by atoms with E-state index >= 15 is 0 Å². The van der Waals surface area contributed by atoms with E-state index in [0.29, 0.717) is 41.7 Å². The molecule has 2 heterocycles. The van der Waals surface area contributed by atoms with Crippen LogP contribution in [0.15, 0.2) is 73.1 Å². The van der Waals surface area contributed by atoms with Crippen LogP contribution in [0.2, 0.25) is 0 Å². The van der Waals surface area contributed by atoms with E-state index in [-0.39, 0.29) is 11.2 Å². The summed E-state index contributed by atoms with van der Waals surface area (Å²) < 4.78 is 23.7. The van der Waals surface area contributed by atoms with Crippen molar-refractivity contribution in [2.45, 2.75) is 23.8 Å². The number of hydrogen-bond donors (Lipinski definition) is 1. The van der Waals surface area contributed by atoms with Crippen LogP contribution in [0.1, 0.15) is 28.8 Å². The highest BCUT2D eigenvalue weighted by Gasteiger charge is 2.20. The Kier molecular flexibility index (Phi) is 7.07. The number of nitrogens with one attached hydrogen (secondary N) is 1. The maximum absolute atomic E-state index is 12.6. The lowest BCUT2D eigenvalue weighted by Crippen LogP contribution is -2.25. The fourth-order valence-corrected chi connectivity index (χ4v) is 4.84. The lowest BCUT2D eigenvalue weighted by atomic mass is 10.2. The van der Waals surface area contributed by atoms with Crippen LogP contribution in [-0.2, 0) is 21.3 Å². The van der Waals surface area contributed by atoms with Gasteiger partial charge in [0, 0.05) is 52.5 Å². The van der Waals surface area contributed by atoms with Gasteiger partial charge in [0.2, 0.25) is 0 Å². The van der Waals surface area contributed by atoms with Crippen LogP contribution in [-0.4, -0.2) is 33.6 Å². The third-order valence-electron chi connectivity index (χ3n) is 5.02. The molecule has 1 aliphatic heterocycles. The van der Waals surface area contributed by atoms with Crippen molar-refractivity contribution in [3.8, 4) is 11.5 Å². The van der Waals surface area contributed by atoms with E-state index in [1.165, 1.54) is 0 Å². The molecule has 0 aliphatic carbocycles. The summed E-state index contributed by atoms with van der Waals surface area (Å²) >= 11 is 0. The van der Waals surface area contributed by atoms with Gasteiger partial charge in [-0.05, 0) is 66.9 Å². The maximum Gasteiger partial charge on any atom is 0.255 e. The fourth-order valence-electron chi connectivity index (χ4n) is 3.38. The number of pyridine rings is 1. The molecule has 3 aromatic rings. The number of nitrogens with zero attached hydrogens (tertiary/aromatic N) is 1. The second kappa shape index (κ2) is 10.3. The van der Waals surface area contributed by atoms with Gasteiger partial charge in [0.25, 0.3) is 5.91 Å². The Morgan fingerprint density at radius 1 is 1.06 bits per heavy atom. The van der Waals surface area contributed by atoms with Crippen LogP contribution in [0.25, 0.3) is 0 Å². The summed E-state index contributed by atoms with van der Waals surface area (Å²) in [5.41, 5.74) is 2.15. The van der Waals surface area contributed by atoms with E-state index in [1.54, 1.807) is 42.7 Å². The average Bonchev–Trinajstić information content (AvgIpc) is 2.81. The fraction of sp³-hybridized carbons (Fsp3) is 0.250. The quantitative estimate of drug-likeness (QED) is 0.588. The standard InChI is InChI=1S/C24H24N2O4S/c27-24(19-6-8-21(9-7-19)30-22-5-2-12-25-16-22)26-20-4-1-3-18(15-20)17-31(28)23-10-13-29-14-11-23/h1-9,12,15-16,23H,10-11,13-14,17H2,(H,26,27). The Labute approximate surface area is 184 Å². The number of aromatic nitrogens is 1. The Balaban J connectivity index is 1.36. The van der Waals surface area contributed by atoms with Gasteiger partial charge in [0.15, 0.2) is 0 Å². The highest BCUT2D eigenvalue weighted by atomic mass is 32.2. The average molecular weight is 437 g/mol. The number of rotatable bonds is 7. The highest BCUT2D eigenvalue weighted by Crippen LogP contribution is 2.22. The van der Waals surface area contributed by atoms with E-state index < -0.39 is 10.8 Å². The zero-order valence-corrected chi connectivity index (χ0v) is 17.8. The summed E-state index contributed by atoms with van der Waals surface area (Å²) in [7, 11) is -0.945. The van der Waals surface area contributed by atoms with Gasteiger partial charge in [0.05, 0.1) is 6.20 Å². The maximum atomic E-state index is 12.6. The third-order valence-corrected chi connectivity index (χ3v) is 6.85.